The van der Waals surface area contributed by atoms with Gasteiger partial charge in [-0.2, -0.15) is 4.31 Å². The molecule has 0 bridgehead atoms. The monoisotopic (exact) mass is 474 g/mol. The summed E-state index contributed by atoms with van der Waals surface area (Å²) in [7, 11) is -3.54. The summed E-state index contributed by atoms with van der Waals surface area (Å²) in [5.74, 6) is 0.856. The van der Waals surface area contributed by atoms with Crippen LogP contribution in [-0.4, -0.2) is 59.3 Å². The van der Waals surface area contributed by atoms with Gasteiger partial charge in [-0.05, 0) is 36.4 Å². The molecule has 34 heavy (non-hydrogen) atoms. The third-order valence-electron chi connectivity index (χ3n) is 6.18. The van der Waals surface area contributed by atoms with Crippen molar-refractivity contribution < 1.29 is 13.2 Å². The third kappa shape index (κ3) is 4.34. The Morgan fingerprint density at radius 3 is 2.12 bits per heavy atom. The fraction of sp³-hybridized carbons (Fsp3) is 0.231. The van der Waals surface area contributed by atoms with Gasteiger partial charge in [-0.3, -0.25) is 9.36 Å². The van der Waals surface area contributed by atoms with E-state index in [0.717, 1.165) is 22.5 Å². The van der Waals surface area contributed by atoms with Crippen molar-refractivity contribution in [1.82, 2.24) is 18.8 Å². The Hall–Kier alpha value is -3.49. The minimum Gasteiger partial charge on any atom is -0.340 e. The molecule has 1 amide bonds. The van der Waals surface area contributed by atoms with Gasteiger partial charge in [0.1, 0.15) is 5.82 Å². The van der Waals surface area contributed by atoms with Crippen molar-refractivity contribution in [3.8, 4) is 5.69 Å². The number of aromatic nitrogens is 2. The summed E-state index contributed by atoms with van der Waals surface area (Å²) in [6.07, 6.45) is 0.826. The highest BCUT2D eigenvalue weighted by Gasteiger charge is 2.30. The van der Waals surface area contributed by atoms with Crippen molar-refractivity contribution in [2.24, 2.45) is 0 Å². The number of para-hydroxylation sites is 3. The summed E-state index contributed by atoms with van der Waals surface area (Å²) in [4.78, 5) is 19.8. The number of sulfonamides is 1. The number of carbonyl (C=O) groups is 1. The Labute approximate surface area is 199 Å². The molecule has 3 aromatic carbocycles. The molecule has 2 heterocycles. The van der Waals surface area contributed by atoms with Crippen molar-refractivity contribution in [3.63, 3.8) is 0 Å². The van der Waals surface area contributed by atoms with Crippen molar-refractivity contribution in [2.45, 2.75) is 17.7 Å². The van der Waals surface area contributed by atoms with Crippen LogP contribution in [-0.2, 0) is 21.2 Å². The van der Waals surface area contributed by atoms with E-state index in [2.05, 4.69) is 4.57 Å². The highest BCUT2D eigenvalue weighted by atomic mass is 32.2. The number of benzene rings is 3. The van der Waals surface area contributed by atoms with Gasteiger partial charge in [-0.15, -0.1) is 0 Å². The first-order valence-corrected chi connectivity index (χ1v) is 12.8. The zero-order valence-corrected chi connectivity index (χ0v) is 19.6. The lowest BCUT2D eigenvalue weighted by atomic mass is 10.2. The van der Waals surface area contributed by atoms with Gasteiger partial charge in [-0.1, -0.05) is 48.5 Å². The largest absolute Gasteiger partial charge is 0.340 e. The molecule has 0 unspecified atom stereocenters. The molecule has 1 saturated heterocycles. The van der Waals surface area contributed by atoms with Crippen LogP contribution in [0.3, 0.4) is 0 Å². The summed E-state index contributed by atoms with van der Waals surface area (Å²) in [5.41, 5.74) is 2.92. The summed E-state index contributed by atoms with van der Waals surface area (Å²) < 4.78 is 29.3. The number of imidazole rings is 1. The highest BCUT2D eigenvalue weighted by molar-refractivity contribution is 7.89. The lowest BCUT2D eigenvalue weighted by Crippen LogP contribution is -2.50. The van der Waals surface area contributed by atoms with Gasteiger partial charge in [0.2, 0.25) is 15.9 Å². The number of carbonyl (C=O) groups excluding carboxylic acids is 1. The van der Waals surface area contributed by atoms with E-state index >= 15 is 0 Å². The number of hydrogen-bond acceptors (Lipinski definition) is 4. The molecule has 174 valence electrons. The lowest BCUT2D eigenvalue weighted by Gasteiger charge is -2.34. The van der Waals surface area contributed by atoms with Crippen LogP contribution >= 0.6 is 0 Å². The maximum atomic E-state index is 13.0. The van der Waals surface area contributed by atoms with Gasteiger partial charge >= 0.3 is 0 Å². The molecule has 0 N–H and O–H groups in total. The number of aryl methyl sites for hydroxylation is 1. The number of nitrogens with zero attached hydrogens (tertiary/aromatic N) is 4. The Kier molecular flexibility index (Phi) is 6.17. The second-order valence-corrected chi connectivity index (χ2v) is 10.2. The topological polar surface area (TPSA) is 75.5 Å². The van der Waals surface area contributed by atoms with Gasteiger partial charge in [-0.25, -0.2) is 13.4 Å². The van der Waals surface area contributed by atoms with Gasteiger partial charge in [0.15, 0.2) is 0 Å². The molecule has 1 aliphatic rings. The predicted molar refractivity (Wildman–Crippen MR) is 131 cm³/mol. The molecule has 8 heteroatoms. The van der Waals surface area contributed by atoms with Gasteiger partial charge in [0.05, 0.1) is 15.9 Å². The van der Waals surface area contributed by atoms with E-state index in [-0.39, 0.29) is 10.8 Å². The molecule has 0 spiro atoms. The second kappa shape index (κ2) is 9.40. The Morgan fingerprint density at radius 2 is 1.41 bits per heavy atom. The van der Waals surface area contributed by atoms with E-state index in [9.17, 15) is 13.2 Å². The minimum atomic E-state index is -3.54. The molecule has 0 saturated carbocycles. The van der Waals surface area contributed by atoms with Crippen LogP contribution < -0.4 is 0 Å². The Morgan fingerprint density at radius 1 is 0.794 bits per heavy atom. The van der Waals surface area contributed by atoms with Crippen LogP contribution in [0.25, 0.3) is 16.7 Å². The number of fused-ring (bicyclic) bond motifs is 1. The fourth-order valence-electron chi connectivity index (χ4n) is 4.40. The van der Waals surface area contributed by atoms with E-state index in [1.165, 1.54) is 4.31 Å². The van der Waals surface area contributed by atoms with Crippen molar-refractivity contribution >= 4 is 27.0 Å². The number of hydrogen-bond donors (Lipinski definition) is 0. The van der Waals surface area contributed by atoms with Crippen molar-refractivity contribution in [3.05, 3.63) is 90.8 Å². The second-order valence-electron chi connectivity index (χ2n) is 8.29. The first-order valence-electron chi connectivity index (χ1n) is 11.4. The van der Waals surface area contributed by atoms with E-state index in [1.807, 2.05) is 54.6 Å². The number of rotatable bonds is 6. The average molecular weight is 475 g/mol. The van der Waals surface area contributed by atoms with E-state index in [4.69, 9.17) is 4.98 Å². The molecular weight excluding hydrogens is 448 g/mol. The quantitative estimate of drug-likeness (QED) is 0.429. The molecular formula is C26H26N4O3S. The summed E-state index contributed by atoms with van der Waals surface area (Å²) in [6, 6.07) is 26.4. The molecule has 5 rings (SSSR count). The zero-order valence-electron chi connectivity index (χ0n) is 18.7. The highest BCUT2D eigenvalue weighted by Crippen LogP contribution is 2.23. The van der Waals surface area contributed by atoms with E-state index in [1.54, 1.807) is 35.2 Å². The third-order valence-corrected chi connectivity index (χ3v) is 8.09. The summed E-state index contributed by atoms with van der Waals surface area (Å²) in [5, 5.41) is 0. The van der Waals surface area contributed by atoms with Crippen LogP contribution in [0.1, 0.15) is 12.2 Å². The Bertz CT molecular complexity index is 1390. The molecule has 0 atom stereocenters. The molecule has 1 aromatic heterocycles. The van der Waals surface area contributed by atoms with Crippen LogP contribution in [0.15, 0.2) is 89.8 Å². The van der Waals surface area contributed by atoms with E-state index in [0.29, 0.717) is 39.0 Å². The molecule has 1 aliphatic heterocycles. The van der Waals surface area contributed by atoms with Crippen molar-refractivity contribution in [2.75, 3.05) is 26.2 Å². The number of amides is 1. The lowest BCUT2D eigenvalue weighted by molar-refractivity contribution is -0.132. The van der Waals surface area contributed by atoms with Crippen LogP contribution in [0.4, 0.5) is 0 Å². The summed E-state index contributed by atoms with van der Waals surface area (Å²) in [6.45, 7) is 1.37. The van der Waals surface area contributed by atoms with Crippen LogP contribution in [0, 0.1) is 0 Å². The van der Waals surface area contributed by atoms with Crippen LogP contribution in [0.2, 0.25) is 0 Å². The van der Waals surface area contributed by atoms with Gasteiger partial charge in [0.25, 0.3) is 0 Å². The maximum Gasteiger partial charge on any atom is 0.243 e. The standard InChI is InChI=1S/C26H26N4O3S/c31-26(28-17-19-29(20-18-28)34(32,33)22-11-5-2-6-12-22)16-15-25-27-23-13-7-8-14-24(23)30(25)21-9-3-1-4-10-21/h1-14H,15-20H2. The Balaban J connectivity index is 1.26. The fourth-order valence-corrected chi connectivity index (χ4v) is 5.85. The molecule has 1 fully saturated rings. The van der Waals surface area contributed by atoms with E-state index < -0.39 is 10.0 Å². The normalized spacial score (nSPS) is 15.0. The first kappa shape index (κ1) is 22.3. The zero-order chi connectivity index (χ0) is 23.5. The first-order chi connectivity index (χ1) is 16.5. The van der Waals surface area contributed by atoms with Gasteiger partial charge in [0, 0.05) is 44.7 Å². The predicted octanol–water partition coefficient (Wildman–Crippen LogP) is 3.49. The average Bonchev–Trinajstić information content (AvgIpc) is 3.27. The SMILES string of the molecule is O=C(CCc1nc2ccccc2n1-c1ccccc1)N1CCN(S(=O)(=O)c2ccccc2)CC1. The van der Waals surface area contributed by atoms with Crippen molar-refractivity contribution in [1.29, 1.82) is 0 Å². The molecule has 0 radical (unpaired) electrons. The molecule has 4 aromatic rings. The smallest absolute Gasteiger partial charge is 0.243 e. The summed E-state index contributed by atoms with van der Waals surface area (Å²) >= 11 is 0. The molecule has 7 nitrogen and oxygen atoms in total. The maximum absolute atomic E-state index is 13.0. The van der Waals surface area contributed by atoms with Crippen LogP contribution in [0.5, 0.6) is 0 Å². The molecule has 0 aliphatic carbocycles. The minimum absolute atomic E-state index is 0.0171. The number of piperazine rings is 1. The van der Waals surface area contributed by atoms with Gasteiger partial charge < -0.3 is 4.90 Å².